The van der Waals surface area contributed by atoms with E-state index in [1.807, 2.05) is 24.3 Å². The fourth-order valence-corrected chi connectivity index (χ4v) is 9.20. The molecule has 2 unspecified atom stereocenters. The SMILES string of the molecule is CCOc1ccc(-c2ccc(CNC(=O)OC(C)(C)C)cc2)cc1S(=O)(=O)N1CCC2(CC1)CC(N(CC(O)COc1cccc(S(C)(=O)=O)c1F)C(=O)O)CO2. The van der Waals surface area contributed by atoms with Gasteiger partial charge < -0.3 is 39.4 Å². The van der Waals surface area contributed by atoms with E-state index >= 15 is 0 Å². The fourth-order valence-electron chi connectivity index (χ4n) is 6.85. The molecule has 0 radical (unpaired) electrons. The van der Waals surface area contributed by atoms with Gasteiger partial charge in [-0.1, -0.05) is 36.4 Å². The summed E-state index contributed by atoms with van der Waals surface area (Å²) in [7, 11) is -7.93. The average molecular weight is 836 g/mol. The van der Waals surface area contributed by atoms with Crippen molar-refractivity contribution in [2.45, 2.75) is 86.6 Å². The molecule has 0 aromatic heterocycles. The maximum absolute atomic E-state index is 14.7. The summed E-state index contributed by atoms with van der Waals surface area (Å²) < 4.78 is 90.7. The summed E-state index contributed by atoms with van der Waals surface area (Å²) in [6.07, 6.45) is -1.55. The number of ether oxygens (including phenoxy) is 4. The lowest BCUT2D eigenvalue weighted by molar-refractivity contribution is -0.0319. The van der Waals surface area contributed by atoms with E-state index in [9.17, 15) is 41.0 Å². The van der Waals surface area contributed by atoms with E-state index in [4.69, 9.17) is 18.9 Å². The van der Waals surface area contributed by atoms with Crippen LogP contribution < -0.4 is 14.8 Å². The van der Waals surface area contributed by atoms with Crippen LogP contribution in [0.4, 0.5) is 14.0 Å². The zero-order chi connectivity index (χ0) is 41.8. The van der Waals surface area contributed by atoms with Crippen LogP contribution in [0.15, 0.2) is 70.5 Å². The van der Waals surface area contributed by atoms with E-state index in [1.54, 1.807) is 45.9 Å². The van der Waals surface area contributed by atoms with Crippen LogP contribution >= 0.6 is 0 Å². The number of alkyl carbamates (subject to hydrolysis) is 1. The summed E-state index contributed by atoms with van der Waals surface area (Å²) in [5, 5.41) is 23.4. The second-order valence-corrected chi connectivity index (χ2v) is 19.0. The van der Waals surface area contributed by atoms with E-state index in [2.05, 4.69) is 5.32 Å². The van der Waals surface area contributed by atoms with Crippen LogP contribution in [0.25, 0.3) is 11.1 Å². The second kappa shape index (κ2) is 17.6. The van der Waals surface area contributed by atoms with Crippen molar-refractivity contribution in [1.82, 2.24) is 14.5 Å². The van der Waals surface area contributed by atoms with Crippen molar-refractivity contribution in [1.29, 1.82) is 0 Å². The van der Waals surface area contributed by atoms with Crippen LogP contribution in [-0.2, 0) is 35.9 Å². The van der Waals surface area contributed by atoms with Crippen molar-refractivity contribution >= 4 is 32.0 Å². The number of sulfone groups is 1. The summed E-state index contributed by atoms with van der Waals surface area (Å²) in [5.41, 5.74) is 0.804. The van der Waals surface area contributed by atoms with Gasteiger partial charge in [0.15, 0.2) is 21.4 Å². The smallest absolute Gasteiger partial charge is 0.407 e. The predicted molar refractivity (Wildman–Crippen MR) is 207 cm³/mol. The van der Waals surface area contributed by atoms with Crippen LogP contribution in [-0.4, -0.2) is 117 Å². The molecule has 2 aliphatic heterocycles. The summed E-state index contributed by atoms with van der Waals surface area (Å²) >= 11 is 0. The Bertz CT molecular complexity index is 2140. The highest BCUT2D eigenvalue weighted by atomic mass is 32.2. The number of piperidine rings is 1. The van der Waals surface area contributed by atoms with Crippen LogP contribution in [0, 0.1) is 5.82 Å². The van der Waals surface area contributed by atoms with Crippen LogP contribution in [0.1, 0.15) is 52.5 Å². The maximum atomic E-state index is 14.7. The number of halogens is 1. The number of carbonyl (C=O) groups is 2. The Kier molecular flexibility index (Phi) is 13.4. The topological polar surface area (TPSA) is 198 Å². The lowest BCUT2D eigenvalue weighted by Crippen LogP contribution is -2.48. The Morgan fingerprint density at radius 3 is 2.28 bits per heavy atom. The van der Waals surface area contributed by atoms with Gasteiger partial charge in [0.1, 0.15) is 33.9 Å². The van der Waals surface area contributed by atoms with Gasteiger partial charge in [0.2, 0.25) is 10.0 Å². The minimum atomic E-state index is -4.06. The van der Waals surface area contributed by atoms with E-state index in [0.717, 1.165) is 28.3 Å². The number of benzene rings is 3. The van der Waals surface area contributed by atoms with Gasteiger partial charge in [-0.15, -0.1) is 0 Å². The Hall–Kier alpha value is -4.49. The number of hydrogen-bond donors (Lipinski definition) is 3. The molecule has 0 bridgehead atoms. The molecule has 15 nitrogen and oxygen atoms in total. The van der Waals surface area contributed by atoms with Gasteiger partial charge in [0.05, 0.1) is 31.4 Å². The first-order chi connectivity index (χ1) is 26.7. The molecular weight excluding hydrogens is 786 g/mol. The molecule has 3 N–H and O–H groups in total. The molecule has 2 amide bonds. The Morgan fingerprint density at radius 1 is 1.00 bits per heavy atom. The average Bonchev–Trinajstić information content (AvgIpc) is 3.54. The molecule has 57 heavy (non-hydrogen) atoms. The first-order valence-electron chi connectivity index (χ1n) is 18.5. The highest BCUT2D eigenvalue weighted by Crippen LogP contribution is 2.40. The molecule has 0 saturated carbocycles. The number of aliphatic hydroxyl groups excluding tert-OH is 1. The van der Waals surface area contributed by atoms with Gasteiger partial charge >= 0.3 is 12.2 Å². The number of carboxylic acid groups (broad SMARTS) is 1. The number of nitrogens with one attached hydrogen (secondary N) is 1. The lowest BCUT2D eigenvalue weighted by Gasteiger charge is -2.38. The molecule has 2 heterocycles. The molecule has 5 rings (SSSR count). The number of carbonyl (C=O) groups excluding carboxylic acids is 1. The number of aliphatic hydroxyl groups is 1. The first-order valence-corrected chi connectivity index (χ1v) is 21.8. The fraction of sp³-hybridized carbons (Fsp3) is 0.487. The molecule has 2 fully saturated rings. The van der Waals surface area contributed by atoms with E-state index in [0.29, 0.717) is 18.4 Å². The van der Waals surface area contributed by atoms with Crippen molar-refractivity contribution in [3.8, 4) is 22.6 Å². The maximum Gasteiger partial charge on any atom is 0.407 e. The van der Waals surface area contributed by atoms with E-state index in [-0.39, 0.29) is 49.9 Å². The van der Waals surface area contributed by atoms with Gasteiger partial charge in [-0.2, -0.15) is 4.31 Å². The Balaban J connectivity index is 1.21. The zero-order valence-electron chi connectivity index (χ0n) is 32.6. The number of sulfonamides is 1. The van der Waals surface area contributed by atoms with Crippen molar-refractivity contribution in [2.75, 3.05) is 45.7 Å². The van der Waals surface area contributed by atoms with E-state index in [1.165, 1.54) is 16.4 Å². The molecular formula is C39H50FN3O12S2. The molecule has 312 valence electrons. The summed E-state index contributed by atoms with van der Waals surface area (Å²) in [5.74, 6) is -1.30. The minimum Gasteiger partial charge on any atom is -0.492 e. The number of nitrogens with zero attached hydrogens (tertiary/aromatic N) is 2. The monoisotopic (exact) mass is 835 g/mol. The third-order valence-corrected chi connectivity index (χ3v) is 12.7. The first kappa shape index (κ1) is 43.6. The zero-order valence-corrected chi connectivity index (χ0v) is 34.2. The summed E-state index contributed by atoms with van der Waals surface area (Å²) in [6, 6.07) is 15.3. The molecule has 1 spiro atoms. The van der Waals surface area contributed by atoms with Gasteiger partial charge in [-0.25, -0.2) is 30.8 Å². The second-order valence-electron chi connectivity index (χ2n) is 15.1. The number of hydrogen-bond acceptors (Lipinski definition) is 11. The molecule has 0 aliphatic carbocycles. The van der Waals surface area contributed by atoms with E-state index < -0.39 is 85.0 Å². The standard InChI is InChI=1S/C39H50FN3O12S2/c1-6-52-31-15-14-28(27-12-10-26(11-13-27)22-41-36(45)55-38(2,3)4)20-34(31)57(50,51)42-18-16-39(17-19-42)21-29(24-54-39)43(37(46)47)23-30(44)25-53-32-8-7-9-33(35(32)40)56(5,48)49/h7-15,20,29-30,44H,6,16-19,21-25H2,1-5H3,(H,41,45)(H,46,47). The van der Waals surface area contributed by atoms with Crippen molar-refractivity contribution in [3.63, 3.8) is 0 Å². The Labute approximate surface area is 332 Å². The van der Waals surface area contributed by atoms with Crippen molar-refractivity contribution in [2.24, 2.45) is 0 Å². The highest BCUT2D eigenvalue weighted by Gasteiger charge is 2.47. The Morgan fingerprint density at radius 2 is 1.67 bits per heavy atom. The molecule has 2 saturated heterocycles. The normalized spacial score (nSPS) is 17.8. The third kappa shape index (κ3) is 10.9. The van der Waals surface area contributed by atoms with Gasteiger partial charge in [-0.05, 0) is 87.9 Å². The highest BCUT2D eigenvalue weighted by molar-refractivity contribution is 7.90. The molecule has 18 heteroatoms. The quantitative estimate of drug-likeness (QED) is 0.196. The molecule has 2 atom stereocenters. The number of amides is 2. The van der Waals surface area contributed by atoms with Crippen molar-refractivity contribution < 1.29 is 60.0 Å². The summed E-state index contributed by atoms with van der Waals surface area (Å²) in [6.45, 7) is 6.91. The van der Waals surface area contributed by atoms with Gasteiger partial charge in [-0.3, -0.25) is 0 Å². The van der Waals surface area contributed by atoms with Gasteiger partial charge in [0, 0.05) is 25.9 Å². The third-order valence-electron chi connectivity index (χ3n) is 9.66. The lowest BCUT2D eigenvalue weighted by atomic mass is 9.88. The molecule has 3 aromatic rings. The minimum absolute atomic E-state index is 0.00914. The van der Waals surface area contributed by atoms with Gasteiger partial charge in [0.25, 0.3) is 0 Å². The molecule has 3 aromatic carbocycles. The van der Waals surface area contributed by atoms with Crippen LogP contribution in [0.2, 0.25) is 0 Å². The van der Waals surface area contributed by atoms with Crippen molar-refractivity contribution in [3.05, 3.63) is 72.0 Å². The molecule has 2 aliphatic rings. The largest absolute Gasteiger partial charge is 0.492 e. The van der Waals surface area contributed by atoms with Crippen LogP contribution in [0.5, 0.6) is 11.5 Å². The van der Waals surface area contributed by atoms with Crippen LogP contribution in [0.3, 0.4) is 0 Å². The number of rotatable bonds is 14. The predicted octanol–water partition coefficient (Wildman–Crippen LogP) is 5.05. The summed E-state index contributed by atoms with van der Waals surface area (Å²) in [4.78, 5) is 24.9.